The van der Waals surface area contributed by atoms with E-state index >= 15 is 0 Å². The third-order valence-corrected chi connectivity index (χ3v) is 3.79. The maximum absolute atomic E-state index is 12.7. The molecule has 124 valence electrons. The molecule has 1 aromatic rings. The molecule has 1 rings (SSSR count). The fraction of sp³-hybridized carbons (Fsp3) is 0.643. The average molecular weight is 317 g/mol. The number of nitrogens with zero attached hydrogens (tertiary/aromatic N) is 2. The van der Waals surface area contributed by atoms with E-state index in [0.717, 1.165) is 0 Å². The minimum atomic E-state index is -2.78. The van der Waals surface area contributed by atoms with E-state index in [1.54, 1.807) is 6.92 Å². The van der Waals surface area contributed by atoms with Crippen LogP contribution in [0.2, 0.25) is 0 Å². The summed E-state index contributed by atoms with van der Waals surface area (Å²) in [5, 5.41) is 15.3. The summed E-state index contributed by atoms with van der Waals surface area (Å²) in [5.74, 6) is -1.86. The molecular formula is C14H21F2N3O3. The SMILES string of the molecule is CCC(C)C(NC(=O)Cc1c(C)nn(C(F)F)c1C)C(=O)O. The number of aryl methyl sites for hydroxylation is 1. The van der Waals surface area contributed by atoms with Gasteiger partial charge in [0.2, 0.25) is 5.91 Å². The first-order valence-electron chi connectivity index (χ1n) is 7.03. The summed E-state index contributed by atoms with van der Waals surface area (Å²) < 4.78 is 26.1. The number of carbonyl (C=O) groups is 2. The molecule has 1 heterocycles. The Balaban J connectivity index is 2.87. The number of alkyl halides is 2. The molecule has 8 heteroatoms. The van der Waals surface area contributed by atoms with E-state index in [9.17, 15) is 18.4 Å². The highest BCUT2D eigenvalue weighted by molar-refractivity contribution is 5.85. The van der Waals surface area contributed by atoms with Gasteiger partial charge in [0, 0.05) is 11.3 Å². The lowest BCUT2D eigenvalue weighted by atomic mass is 9.99. The topological polar surface area (TPSA) is 84.2 Å². The normalized spacial score (nSPS) is 14.0. The van der Waals surface area contributed by atoms with Crippen LogP contribution in [-0.4, -0.2) is 32.8 Å². The van der Waals surface area contributed by atoms with Crippen LogP contribution in [0.1, 0.15) is 43.8 Å². The van der Waals surface area contributed by atoms with Crippen molar-refractivity contribution in [3.8, 4) is 0 Å². The van der Waals surface area contributed by atoms with Gasteiger partial charge in [0.15, 0.2) is 0 Å². The standard InChI is InChI=1S/C14H21F2N3O3/c1-5-7(2)12(13(21)22)17-11(20)6-10-8(3)18-19(9(10)4)14(15)16/h7,12,14H,5-6H2,1-4H3,(H,17,20)(H,21,22). The zero-order valence-corrected chi connectivity index (χ0v) is 13.1. The molecule has 0 radical (unpaired) electrons. The monoisotopic (exact) mass is 317 g/mol. The lowest BCUT2D eigenvalue weighted by molar-refractivity contribution is -0.143. The van der Waals surface area contributed by atoms with Crippen molar-refractivity contribution in [3.63, 3.8) is 0 Å². The highest BCUT2D eigenvalue weighted by Crippen LogP contribution is 2.20. The number of carboxylic acids is 1. The van der Waals surface area contributed by atoms with Gasteiger partial charge in [0.05, 0.1) is 12.1 Å². The summed E-state index contributed by atoms with van der Waals surface area (Å²) in [5.41, 5.74) is 0.938. The molecule has 0 aliphatic rings. The number of aromatic nitrogens is 2. The molecule has 1 amide bonds. The fourth-order valence-electron chi connectivity index (χ4n) is 2.21. The molecule has 2 atom stereocenters. The quantitative estimate of drug-likeness (QED) is 0.806. The summed E-state index contributed by atoms with van der Waals surface area (Å²) >= 11 is 0. The lowest BCUT2D eigenvalue weighted by Gasteiger charge is -2.20. The first-order chi connectivity index (χ1) is 10.2. The second-order valence-electron chi connectivity index (χ2n) is 5.32. The van der Waals surface area contributed by atoms with Crippen molar-refractivity contribution in [2.45, 2.75) is 53.1 Å². The van der Waals surface area contributed by atoms with Gasteiger partial charge in [-0.1, -0.05) is 20.3 Å². The number of nitrogens with one attached hydrogen (secondary N) is 1. The summed E-state index contributed by atoms with van der Waals surface area (Å²) in [6, 6.07) is -0.997. The molecule has 0 aromatic carbocycles. The molecule has 0 fully saturated rings. The van der Waals surface area contributed by atoms with E-state index in [0.29, 0.717) is 22.4 Å². The van der Waals surface area contributed by atoms with Crippen LogP contribution in [0, 0.1) is 19.8 Å². The summed E-state index contributed by atoms with van der Waals surface area (Å²) in [4.78, 5) is 23.2. The highest BCUT2D eigenvalue weighted by Gasteiger charge is 2.26. The van der Waals surface area contributed by atoms with Gasteiger partial charge in [-0.05, 0) is 19.8 Å². The lowest BCUT2D eigenvalue weighted by Crippen LogP contribution is -2.45. The molecule has 0 aliphatic heterocycles. The van der Waals surface area contributed by atoms with Gasteiger partial charge < -0.3 is 10.4 Å². The van der Waals surface area contributed by atoms with Gasteiger partial charge in [-0.3, -0.25) is 4.79 Å². The van der Waals surface area contributed by atoms with Crippen LogP contribution in [0.5, 0.6) is 0 Å². The van der Waals surface area contributed by atoms with E-state index in [4.69, 9.17) is 5.11 Å². The molecule has 0 bridgehead atoms. The number of carbonyl (C=O) groups excluding carboxylic acids is 1. The minimum absolute atomic E-state index is 0.176. The third kappa shape index (κ3) is 4.02. The molecule has 0 aliphatic carbocycles. The van der Waals surface area contributed by atoms with Crippen molar-refractivity contribution in [2.24, 2.45) is 5.92 Å². The molecular weight excluding hydrogens is 296 g/mol. The number of aliphatic carboxylic acids is 1. The Hall–Kier alpha value is -1.99. The predicted molar refractivity (Wildman–Crippen MR) is 75.7 cm³/mol. The van der Waals surface area contributed by atoms with Crippen molar-refractivity contribution in [1.29, 1.82) is 0 Å². The zero-order valence-electron chi connectivity index (χ0n) is 13.1. The number of amides is 1. The maximum Gasteiger partial charge on any atom is 0.333 e. The Bertz CT molecular complexity index is 558. The molecule has 6 nitrogen and oxygen atoms in total. The van der Waals surface area contributed by atoms with E-state index in [2.05, 4.69) is 10.4 Å². The smallest absolute Gasteiger partial charge is 0.333 e. The maximum atomic E-state index is 12.7. The van der Waals surface area contributed by atoms with Gasteiger partial charge in [-0.15, -0.1) is 0 Å². The van der Waals surface area contributed by atoms with Gasteiger partial charge >= 0.3 is 12.5 Å². The van der Waals surface area contributed by atoms with Crippen LogP contribution >= 0.6 is 0 Å². The molecule has 0 spiro atoms. The molecule has 2 N–H and O–H groups in total. The van der Waals surface area contributed by atoms with E-state index in [1.165, 1.54) is 13.8 Å². The van der Waals surface area contributed by atoms with Gasteiger partial charge in [-0.25, -0.2) is 9.48 Å². The average Bonchev–Trinajstić information content (AvgIpc) is 2.71. The van der Waals surface area contributed by atoms with Crippen molar-refractivity contribution < 1.29 is 23.5 Å². The first-order valence-corrected chi connectivity index (χ1v) is 7.03. The van der Waals surface area contributed by atoms with E-state index in [1.807, 2.05) is 6.92 Å². The van der Waals surface area contributed by atoms with Crippen LogP contribution < -0.4 is 5.32 Å². The van der Waals surface area contributed by atoms with Crippen molar-refractivity contribution in [1.82, 2.24) is 15.1 Å². The third-order valence-electron chi connectivity index (χ3n) is 3.79. The van der Waals surface area contributed by atoms with Crippen LogP contribution in [0.4, 0.5) is 8.78 Å². The Morgan fingerprint density at radius 1 is 1.36 bits per heavy atom. The Morgan fingerprint density at radius 2 is 1.95 bits per heavy atom. The van der Waals surface area contributed by atoms with Crippen LogP contribution in [-0.2, 0) is 16.0 Å². The van der Waals surface area contributed by atoms with Gasteiger partial charge in [0.1, 0.15) is 6.04 Å². The summed E-state index contributed by atoms with van der Waals surface area (Å²) in [6.45, 7) is 3.77. The van der Waals surface area contributed by atoms with Crippen molar-refractivity contribution in [3.05, 3.63) is 17.0 Å². The fourth-order valence-corrected chi connectivity index (χ4v) is 2.21. The molecule has 22 heavy (non-hydrogen) atoms. The second-order valence-corrected chi connectivity index (χ2v) is 5.32. The molecule has 1 aromatic heterocycles. The number of hydrogen-bond acceptors (Lipinski definition) is 3. The second kappa shape index (κ2) is 7.33. The number of rotatable bonds is 7. The van der Waals surface area contributed by atoms with Gasteiger partial charge in [-0.2, -0.15) is 13.9 Å². The summed E-state index contributed by atoms with van der Waals surface area (Å²) in [7, 11) is 0. The van der Waals surface area contributed by atoms with Crippen LogP contribution in [0.25, 0.3) is 0 Å². The molecule has 2 unspecified atom stereocenters. The van der Waals surface area contributed by atoms with E-state index in [-0.39, 0.29) is 18.0 Å². The van der Waals surface area contributed by atoms with Crippen LogP contribution in [0.15, 0.2) is 0 Å². The number of hydrogen-bond donors (Lipinski definition) is 2. The molecule has 0 saturated heterocycles. The van der Waals surface area contributed by atoms with Crippen molar-refractivity contribution >= 4 is 11.9 Å². The Morgan fingerprint density at radius 3 is 2.36 bits per heavy atom. The Kier molecular flexibility index (Phi) is 6.01. The highest BCUT2D eigenvalue weighted by atomic mass is 19.3. The first kappa shape index (κ1) is 18.1. The Labute approximate surface area is 127 Å². The predicted octanol–water partition coefficient (Wildman–Crippen LogP) is 2.05. The van der Waals surface area contributed by atoms with Crippen molar-refractivity contribution in [2.75, 3.05) is 0 Å². The largest absolute Gasteiger partial charge is 0.480 e. The number of halogens is 2. The zero-order chi connectivity index (χ0) is 17.0. The van der Waals surface area contributed by atoms with Crippen LogP contribution in [0.3, 0.4) is 0 Å². The van der Waals surface area contributed by atoms with E-state index < -0.39 is 24.5 Å². The molecule has 0 saturated carbocycles. The number of carboxylic acid groups (broad SMARTS) is 1. The van der Waals surface area contributed by atoms with Gasteiger partial charge in [0.25, 0.3) is 0 Å². The minimum Gasteiger partial charge on any atom is -0.480 e. The summed E-state index contributed by atoms with van der Waals surface area (Å²) in [6.07, 6.45) is 0.420.